The Morgan fingerprint density at radius 3 is 2.19 bits per heavy atom. The van der Waals surface area contributed by atoms with Crippen molar-refractivity contribution < 1.29 is 19.4 Å². The van der Waals surface area contributed by atoms with Gasteiger partial charge in [-0.3, -0.25) is 0 Å². The van der Waals surface area contributed by atoms with Gasteiger partial charge >= 0.3 is 12.1 Å². The maximum Gasteiger partial charge on any atom is 0.408 e. The number of benzene rings is 2. The Hall–Kier alpha value is -3.02. The van der Waals surface area contributed by atoms with Crippen molar-refractivity contribution >= 4 is 17.7 Å². The van der Waals surface area contributed by atoms with Crippen molar-refractivity contribution in [3.05, 3.63) is 65.7 Å². The predicted octanol–water partition coefficient (Wildman–Crippen LogP) is 3.82. The van der Waals surface area contributed by atoms with E-state index in [0.717, 1.165) is 11.3 Å². The Labute approximate surface area is 159 Å². The van der Waals surface area contributed by atoms with E-state index in [1.165, 1.54) is 5.56 Å². The van der Waals surface area contributed by atoms with Crippen molar-refractivity contribution in [2.45, 2.75) is 45.4 Å². The summed E-state index contributed by atoms with van der Waals surface area (Å²) >= 11 is 0. The van der Waals surface area contributed by atoms with Gasteiger partial charge in [-0.25, -0.2) is 9.59 Å². The van der Waals surface area contributed by atoms with Gasteiger partial charge in [0.2, 0.25) is 0 Å². The highest BCUT2D eigenvalue weighted by molar-refractivity contribution is 5.80. The summed E-state index contributed by atoms with van der Waals surface area (Å²) in [5, 5.41) is 15.1. The lowest BCUT2D eigenvalue weighted by atomic mass is 10.1. The smallest absolute Gasteiger partial charge is 0.408 e. The van der Waals surface area contributed by atoms with Gasteiger partial charge in [0, 0.05) is 18.7 Å². The lowest BCUT2D eigenvalue weighted by Crippen LogP contribution is -2.44. The molecule has 0 aromatic heterocycles. The predicted molar refractivity (Wildman–Crippen MR) is 105 cm³/mol. The van der Waals surface area contributed by atoms with Crippen LogP contribution < -0.4 is 10.6 Å². The van der Waals surface area contributed by atoms with Crippen LogP contribution in [-0.4, -0.2) is 28.8 Å². The third-order valence-electron chi connectivity index (χ3n) is 3.72. The summed E-state index contributed by atoms with van der Waals surface area (Å²) in [6, 6.07) is 16.5. The Kier molecular flexibility index (Phi) is 6.82. The van der Waals surface area contributed by atoms with Crippen LogP contribution in [0.5, 0.6) is 0 Å². The summed E-state index contributed by atoms with van der Waals surface area (Å²) in [5.41, 5.74) is 2.24. The number of alkyl carbamates (subject to hydrolysis) is 1. The van der Waals surface area contributed by atoms with Gasteiger partial charge in [0.1, 0.15) is 11.6 Å². The van der Waals surface area contributed by atoms with Crippen molar-refractivity contribution in [1.29, 1.82) is 0 Å². The summed E-state index contributed by atoms with van der Waals surface area (Å²) in [7, 11) is 0. The van der Waals surface area contributed by atoms with Gasteiger partial charge in [-0.05, 0) is 44.0 Å². The van der Waals surface area contributed by atoms with Crippen LogP contribution in [0, 0.1) is 0 Å². The molecule has 27 heavy (non-hydrogen) atoms. The van der Waals surface area contributed by atoms with Crippen LogP contribution >= 0.6 is 0 Å². The van der Waals surface area contributed by atoms with E-state index in [2.05, 4.69) is 10.6 Å². The lowest BCUT2D eigenvalue weighted by molar-refractivity contribution is -0.139. The molecule has 1 amide bonds. The van der Waals surface area contributed by atoms with E-state index in [1.54, 1.807) is 20.8 Å². The highest BCUT2D eigenvalue weighted by Crippen LogP contribution is 2.13. The molecule has 3 N–H and O–H groups in total. The highest BCUT2D eigenvalue weighted by Gasteiger charge is 2.24. The molecule has 0 fully saturated rings. The van der Waals surface area contributed by atoms with Crippen LogP contribution in [0.4, 0.5) is 10.5 Å². The first-order valence-corrected chi connectivity index (χ1v) is 8.82. The van der Waals surface area contributed by atoms with Crippen molar-refractivity contribution in [2.75, 3.05) is 5.32 Å². The quantitative estimate of drug-likeness (QED) is 0.690. The lowest BCUT2D eigenvalue weighted by Gasteiger charge is -2.22. The Bertz CT molecular complexity index is 752. The number of carbonyl (C=O) groups excluding carboxylic acids is 1. The van der Waals surface area contributed by atoms with Gasteiger partial charge in [0.25, 0.3) is 0 Å². The van der Waals surface area contributed by atoms with Gasteiger partial charge in [-0.1, -0.05) is 42.5 Å². The fourth-order valence-corrected chi connectivity index (χ4v) is 2.44. The number of carboxylic acids is 1. The molecule has 0 aliphatic heterocycles. The molecular formula is C21H26N2O4. The van der Waals surface area contributed by atoms with Gasteiger partial charge < -0.3 is 20.5 Å². The molecule has 2 aromatic rings. The standard InChI is InChI=1S/C21H26N2O4/c1-21(2,3)27-20(26)23-18(19(24)25)13-15-9-11-17(12-10-15)22-14-16-7-5-4-6-8-16/h4-12,18,22H,13-14H2,1-3H3,(H,23,26)(H,24,25)/t18-/m1/s1. The zero-order valence-corrected chi connectivity index (χ0v) is 15.9. The molecule has 0 bridgehead atoms. The molecule has 0 aliphatic rings. The molecule has 0 unspecified atom stereocenters. The second-order valence-corrected chi connectivity index (χ2v) is 7.28. The van der Waals surface area contributed by atoms with Crippen LogP contribution in [0.25, 0.3) is 0 Å². The normalized spacial score (nSPS) is 12.1. The van der Waals surface area contributed by atoms with Gasteiger partial charge in [-0.2, -0.15) is 0 Å². The minimum absolute atomic E-state index is 0.174. The van der Waals surface area contributed by atoms with Gasteiger partial charge in [-0.15, -0.1) is 0 Å². The van der Waals surface area contributed by atoms with Gasteiger partial charge in [0.05, 0.1) is 0 Å². The molecule has 6 heteroatoms. The van der Waals surface area contributed by atoms with Gasteiger partial charge in [0.15, 0.2) is 0 Å². The Balaban J connectivity index is 1.92. The van der Waals surface area contributed by atoms with Crippen LogP contribution in [0.3, 0.4) is 0 Å². The van der Waals surface area contributed by atoms with E-state index in [4.69, 9.17) is 4.74 Å². The number of anilines is 1. The number of carbonyl (C=O) groups is 2. The van der Waals surface area contributed by atoms with E-state index in [-0.39, 0.29) is 6.42 Å². The summed E-state index contributed by atoms with van der Waals surface area (Å²) in [5.74, 6) is -1.10. The molecular weight excluding hydrogens is 344 g/mol. The molecule has 0 aliphatic carbocycles. The number of rotatable bonds is 7. The van der Waals surface area contributed by atoms with E-state index in [9.17, 15) is 14.7 Å². The van der Waals surface area contributed by atoms with E-state index in [0.29, 0.717) is 6.54 Å². The summed E-state index contributed by atoms with van der Waals surface area (Å²) in [4.78, 5) is 23.3. The third-order valence-corrected chi connectivity index (χ3v) is 3.72. The summed E-state index contributed by atoms with van der Waals surface area (Å²) in [6.45, 7) is 5.88. The minimum Gasteiger partial charge on any atom is -0.480 e. The Morgan fingerprint density at radius 1 is 1.00 bits per heavy atom. The maximum atomic E-state index is 11.8. The van der Waals surface area contributed by atoms with Crippen LogP contribution in [0.2, 0.25) is 0 Å². The monoisotopic (exact) mass is 370 g/mol. The molecule has 0 spiro atoms. The molecule has 1 atom stereocenters. The number of amides is 1. The number of aliphatic carboxylic acids is 1. The Morgan fingerprint density at radius 2 is 1.63 bits per heavy atom. The van der Waals surface area contributed by atoms with Crippen molar-refractivity contribution in [2.24, 2.45) is 0 Å². The van der Waals surface area contributed by atoms with E-state index >= 15 is 0 Å². The molecule has 2 rings (SSSR count). The number of ether oxygens (including phenoxy) is 1. The molecule has 144 valence electrons. The molecule has 0 heterocycles. The average Bonchev–Trinajstić information content (AvgIpc) is 2.60. The first-order valence-electron chi connectivity index (χ1n) is 8.82. The maximum absolute atomic E-state index is 11.8. The SMILES string of the molecule is CC(C)(C)OC(=O)N[C@H](Cc1ccc(NCc2ccccc2)cc1)C(=O)O. The summed E-state index contributed by atoms with van der Waals surface area (Å²) < 4.78 is 5.13. The largest absolute Gasteiger partial charge is 0.480 e. The zero-order valence-electron chi connectivity index (χ0n) is 15.9. The second kappa shape index (κ2) is 9.07. The molecule has 0 saturated carbocycles. The number of hydrogen-bond donors (Lipinski definition) is 3. The minimum atomic E-state index is -1.10. The first-order chi connectivity index (χ1) is 12.7. The molecule has 2 aromatic carbocycles. The van der Waals surface area contributed by atoms with Crippen LogP contribution in [0.1, 0.15) is 31.9 Å². The fraction of sp³-hybridized carbons (Fsp3) is 0.333. The number of carboxylic acid groups (broad SMARTS) is 1. The topological polar surface area (TPSA) is 87.7 Å². The van der Waals surface area contributed by atoms with E-state index < -0.39 is 23.7 Å². The fourth-order valence-electron chi connectivity index (χ4n) is 2.44. The van der Waals surface area contributed by atoms with Crippen molar-refractivity contribution in [3.63, 3.8) is 0 Å². The summed E-state index contributed by atoms with van der Waals surface area (Å²) in [6.07, 6.45) is -0.566. The first kappa shape index (κ1) is 20.3. The number of hydrogen-bond acceptors (Lipinski definition) is 4. The zero-order chi connectivity index (χ0) is 19.9. The van der Waals surface area contributed by atoms with Crippen LogP contribution in [-0.2, 0) is 22.5 Å². The van der Waals surface area contributed by atoms with E-state index in [1.807, 2.05) is 54.6 Å². The molecule has 6 nitrogen and oxygen atoms in total. The number of nitrogens with one attached hydrogen (secondary N) is 2. The third kappa shape index (κ3) is 7.40. The highest BCUT2D eigenvalue weighted by atomic mass is 16.6. The molecule has 0 saturated heterocycles. The van der Waals surface area contributed by atoms with Crippen molar-refractivity contribution in [3.8, 4) is 0 Å². The molecule has 0 radical (unpaired) electrons. The van der Waals surface area contributed by atoms with Crippen molar-refractivity contribution in [1.82, 2.24) is 5.32 Å². The average molecular weight is 370 g/mol. The van der Waals surface area contributed by atoms with Crippen LogP contribution in [0.15, 0.2) is 54.6 Å². The second-order valence-electron chi connectivity index (χ2n) is 7.28.